The molecule has 0 aliphatic heterocycles. The van der Waals surface area contributed by atoms with E-state index >= 15 is 0 Å². The fourth-order valence-electron chi connectivity index (χ4n) is 4.56. The van der Waals surface area contributed by atoms with Gasteiger partial charge in [0, 0.05) is 11.1 Å². The number of hydrogen-bond acceptors (Lipinski definition) is 3. The van der Waals surface area contributed by atoms with Crippen LogP contribution >= 0.6 is 0 Å². The van der Waals surface area contributed by atoms with Crippen LogP contribution in [0, 0.1) is 20.8 Å². The normalized spacial score (nSPS) is 11.3. The van der Waals surface area contributed by atoms with Gasteiger partial charge in [-0.2, -0.15) is 0 Å². The highest BCUT2D eigenvalue weighted by atomic mass is 16.2. The van der Waals surface area contributed by atoms with Gasteiger partial charge in [-0.1, -0.05) is 48.0 Å². The summed E-state index contributed by atoms with van der Waals surface area (Å²) in [5.74, 6) is -0.192. The van der Waals surface area contributed by atoms with E-state index in [-0.39, 0.29) is 18.0 Å². The molecular formula is C28H26N4O2. The van der Waals surface area contributed by atoms with Crippen LogP contribution in [0.2, 0.25) is 0 Å². The second-order valence-corrected chi connectivity index (χ2v) is 8.89. The summed E-state index contributed by atoms with van der Waals surface area (Å²) in [6, 6.07) is 21.7. The number of fused-ring (bicyclic) bond motifs is 3. The Kier molecular flexibility index (Phi) is 5.49. The average Bonchev–Trinajstić information content (AvgIpc) is 3.08. The molecule has 1 N–H and O–H groups in total. The molecule has 6 nitrogen and oxygen atoms in total. The van der Waals surface area contributed by atoms with Crippen molar-refractivity contribution < 1.29 is 4.79 Å². The van der Waals surface area contributed by atoms with Crippen molar-refractivity contribution in [2.45, 2.75) is 33.9 Å². The Morgan fingerprint density at radius 2 is 1.65 bits per heavy atom. The second kappa shape index (κ2) is 8.63. The fraction of sp³-hybridized carbons (Fsp3) is 0.179. The summed E-state index contributed by atoms with van der Waals surface area (Å²) in [6.45, 7) is 6.43. The first-order valence-electron chi connectivity index (χ1n) is 11.3. The number of aryl methyl sites for hydroxylation is 3. The Hall–Kier alpha value is -4.19. The monoisotopic (exact) mass is 450 g/mol. The van der Waals surface area contributed by atoms with Gasteiger partial charge in [0.1, 0.15) is 17.6 Å². The Bertz CT molecular complexity index is 1580. The van der Waals surface area contributed by atoms with Crippen LogP contribution in [0.3, 0.4) is 0 Å². The zero-order chi connectivity index (χ0) is 23.8. The molecule has 0 aliphatic carbocycles. The molecule has 0 spiro atoms. The molecule has 3 aromatic carbocycles. The summed E-state index contributed by atoms with van der Waals surface area (Å²) < 4.78 is 3.39. The van der Waals surface area contributed by atoms with Crippen LogP contribution in [0.5, 0.6) is 0 Å². The highest BCUT2D eigenvalue weighted by molar-refractivity contribution is 6.06. The number of aromatic nitrogens is 3. The predicted octanol–water partition coefficient (Wildman–Crippen LogP) is 4.96. The lowest BCUT2D eigenvalue weighted by Crippen LogP contribution is -2.25. The molecule has 0 saturated heterocycles. The van der Waals surface area contributed by atoms with Crippen LogP contribution in [0.4, 0.5) is 5.69 Å². The average molecular weight is 451 g/mol. The molecule has 5 aromatic rings. The zero-order valence-electron chi connectivity index (χ0n) is 19.5. The van der Waals surface area contributed by atoms with Gasteiger partial charge in [0.2, 0.25) is 5.91 Å². The first kappa shape index (κ1) is 21.6. The number of hydrogen-bond donors (Lipinski definition) is 1. The lowest BCUT2D eigenvalue weighted by Gasteiger charge is -2.11. The van der Waals surface area contributed by atoms with Gasteiger partial charge in [0.15, 0.2) is 0 Å². The lowest BCUT2D eigenvalue weighted by atomic mass is 10.1. The van der Waals surface area contributed by atoms with E-state index in [4.69, 9.17) is 0 Å². The molecule has 2 heterocycles. The van der Waals surface area contributed by atoms with E-state index in [2.05, 4.69) is 16.4 Å². The number of nitrogens with zero attached hydrogens (tertiary/aromatic N) is 3. The molecule has 2 aromatic heterocycles. The zero-order valence-corrected chi connectivity index (χ0v) is 19.5. The van der Waals surface area contributed by atoms with Crippen molar-refractivity contribution >= 4 is 33.5 Å². The van der Waals surface area contributed by atoms with Gasteiger partial charge in [-0.05, 0) is 61.7 Å². The summed E-state index contributed by atoms with van der Waals surface area (Å²) >= 11 is 0. The van der Waals surface area contributed by atoms with Crippen molar-refractivity contribution in [3.63, 3.8) is 0 Å². The topological polar surface area (TPSA) is 68.9 Å². The van der Waals surface area contributed by atoms with Crippen LogP contribution < -0.4 is 10.9 Å². The molecule has 34 heavy (non-hydrogen) atoms. The Balaban J connectivity index is 1.60. The lowest BCUT2D eigenvalue weighted by molar-refractivity contribution is -0.116. The SMILES string of the molecule is Cc1cc(C)cc(NC(=O)Cn2c3ccc(C)cc3c3ncn(Cc4ccccc4)c(=O)c32)c1. The van der Waals surface area contributed by atoms with Gasteiger partial charge < -0.3 is 9.88 Å². The molecule has 0 unspecified atom stereocenters. The van der Waals surface area contributed by atoms with Gasteiger partial charge in [-0.3, -0.25) is 14.2 Å². The van der Waals surface area contributed by atoms with Crippen molar-refractivity contribution in [3.8, 4) is 0 Å². The number of rotatable bonds is 5. The van der Waals surface area contributed by atoms with Gasteiger partial charge in [-0.25, -0.2) is 4.98 Å². The van der Waals surface area contributed by atoms with Crippen LogP contribution in [-0.2, 0) is 17.9 Å². The maximum absolute atomic E-state index is 13.6. The first-order valence-corrected chi connectivity index (χ1v) is 11.3. The van der Waals surface area contributed by atoms with Gasteiger partial charge >= 0.3 is 0 Å². The maximum atomic E-state index is 13.6. The van der Waals surface area contributed by atoms with E-state index in [9.17, 15) is 9.59 Å². The molecular weight excluding hydrogens is 424 g/mol. The fourth-order valence-corrected chi connectivity index (χ4v) is 4.56. The van der Waals surface area contributed by atoms with Crippen molar-refractivity contribution in [1.29, 1.82) is 0 Å². The molecule has 0 radical (unpaired) electrons. The molecule has 5 rings (SSSR count). The van der Waals surface area contributed by atoms with Crippen LogP contribution in [0.15, 0.2) is 77.9 Å². The number of carbonyl (C=O) groups is 1. The van der Waals surface area contributed by atoms with Crippen molar-refractivity contribution in [2.75, 3.05) is 5.32 Å². The Labute approximate surface area is 197 Å². The minimum atomic E-state index is -0.192. The summed E-state index contributed by atoms with van der Waals surface area (Å²) in [5, 5.41) is 3.86. The van der Waals surface area contributed by atoms with Gasteiger partial charge in [-0.15, -0.1) is 0 Å². The first-order chi connectivity index (χ1) is 16.4. The van der Waals surface area contributed by atoms with E-state index in [1.54, 1.807) is 15.5 Å². The highest BCUT2D eigenvalue weighted by Crippen LogP contribution is 2.27. The predicted molar refractivity (Wildman–Crippen MR) is 136 cm³/mol. The molecule has 170 valence electrons. The van der Waals surface area contributed by atoms with Crippen LogP contribution in [0.1, 0.15) is 22.3 Å². The Morgan fingerprint density at radius 1 is 0.912 bits per heavy atom. The third-order valence-electron chi connectivity index (χ3n) is 5.98. The number of carbonyl (C=O) groups excluding carboxylic acids is 1. The minimum Gasteiger partial charge on any atom is -0.325 e. The third-order valence-corrected chi connectivity index (χ3v) is 5.98. The van der Waals surface area contributed by atoms with Crippen molar-refractivity contribution in [2.24, 2.45) is 0 Å². The molecule has 0 bridgehead atoms. The van der Waals surface area contributed by atoms with Crippen LogP contribution in [0.25, 0.3) is 21.9 Å². The molecule has 6 heteroatoms. The number of nitrogens with one attached hydrogen (secondary N) is 1. The standard InChI is InChI=1S/C28H26N4O2/c1-18-9-10-24-23(14-18)26-27(28(34)31(17-29-26)15-21-7-5-4-6-8-21)32(24)16-25(33)30-22-12-19(2)11-20(3)13-22/h4-14,17H,15-16H2,1-3H3,(H,30,33). The summed E-state index contributed by atoms with van der Waals surface area (Å²) in [4.78, 5) is 31.3. The third kappa shape index (κ3) is 4.10. The summed E-state index contributed by atoms with van der Waals surface area (Å²) in [6.07, 6.45) is 1.60. The van der Waals surface area contributed by atoms with E-state index < -0.39 is 0 Å². The van der Waals surface area contributed by atoms with E-state index in [0.29, 0.717) is 17.6 Å². The summed E-state index contributed by atoms with van der Waals surface area (Å²) in [5.41, 5.74) is 6.70. The van der Waals surface area contributed by atoms with Crippen molar-refractivity contribution in [3.05, 3.63) is 106 Å². The quantitative estimate of drug-likeness (QED) is 0.411. The van der Waals surface area contributed by atoms with Crippen LogP contribution in [-0.4, -0.2) is 20.0 Å². The number of anilines is 1. The molecule has 0 atom stereocenters. The summed E-state index contributed by atoms with van der Waals surface area (Å²) in [7, 11) is 0. The van der Waals surface area contributed by atoms with Gasteiger partial charge in [0.05, 0.1) is 18.4 Å². The van der Waals surface area contributed by atoms with E-state index in [1.165, 1.54) is 0 Å². The minimum absolute atomic E-state index is 0.0162. The van der Waals surface area contributed by atoms with E-state index in [0.717, 1.165) is 38.8 Å². The van der Waals surface area contributed by atoms with E-state index in [1.807, 2.05) is 81.4 Å². The largest absolute Gasteiger partial charge is 0.325 e. The smallest absolute Gasteiger partial charge is 0.278 e. The highest BCUT2D eigenvalue weighted by Gasteiger charge is 2.19. The molecule has 0 aliphatic rings. The molecule has 0 saturated carbocycles. The second-order valence-electron chi connectivity index (χ2n) is 8.89. The number of amides is 1. The number of benzene rings is 3. The molecule has 1 amide bonds. The molecule has 0 fully saturated rings. The van der Waals surface area contributed by atoms with Crippen molar-refractivity contribution in [1.82, 2.24) is 14.1 Å². The van der Waals surface area contributed by atoms with Gasteiger partial charge in [0.25, 0.3) is 5.56 Å². The maximum Gasteiger partial charge on any atom is 0.278 e. The Morgan fingerprint density at radius 3 is 2.38 bits per heavy atom.